The van der Waals surface area contributed by atoms with Gasteiger partial charge in [-0.3, -0.25) is 9.69 Å². The predicted molar refractivity (Wildman–Crippen MR) is 121 cm³/mol. The topological polar surface area (TPSA) is 74.5 Å². The minimum atomic E-state index is -0.372. The number of nitrogens with zero attached hydrogens (tertiary/aromatic N) is 5. The van der Waals surface area contributed by atoms with Gasteiger partial charge in [0.05, 0.1) is 18.7 Å². The van der Waals surface area contributed by atoms with Gasteiger partial charge < -0.3 is 14.6 Å². The fraction of sp³-hybridized carbons (Fsp3) is 0.400. The fourth-order valence-corrected chi connectivity index (χ4v) is 5.02. The molecule has 0 saturated carbocycles. The zero-order valence-corrected chi connectivity index (χ0v) is 18.6. The first-order chi connectivity index (χ1) is 15.5. The number of likely N-dealkylation sites (tertiary alicyclic amines) is 1. The first-order valence-electron chi connectivity index (χ1n) is 11.2. The van der Waals surface area contributed by atoms with Gasteiger partial charge in [0.15, 0.2) is 11.6 Å². The third kappa shape index (κ3) is 4.06. The Morgan fingerprint density at radius 1 is 1.06 bits per heavy atom. The molecule has 0 bridgehead atoms. The molecule has 1 saturated heterocycles. The molecular formula is C25H29N5O2. The molecule has 2 aromatic carbocycles. The van der Waals surface area contributed by atoms with Crippen LogP contribution in [0.3, 0.4) is 0 Å². The Morgan fingerprint density at radius 3 is 2.56 bits per heavy atom. The van der Waals surface area contributed by atoms with Crippen molar-refractivity contribution in [3.05, 3.63) is 82.4 Å². The van der Waals surface area contributed by atoms with Crippen molar-refractivity contribution in [1.82, 2.24) is 24.6 Å². The average molecular weight is 432 g/mol. The van der Waals surface area contributed by atoms with Crippen molar-refractivity contribution < 1.29 is 9.90 Å². The second-order valence-corrected chi connectivity index (χ2v) is 9.05. The second kappa shape index (κ2) is 8.48. The number of carbonyl (C=O) groups is 1. The van der Waals surface area contributed by atoms with Crippen LogP contribution in [0.2, 0.25) is 0 Å². The summed E-state index contributed by atoms with van der Waals surface area (Å²) in [6.45, 7) is 7.16. The molecule has 2 aliphatic heterocycles. The van der Waals surface area contributed by atoms with Gasteiger partial charge in [0.25, 0.3) is 5.91 Å². The summed E-state index contributed by atoms with van der Waals surface area (Å²) in [5.74, 6) is 1.74. The maximum absolute atomic E-state index is 13.1. The molecule has 1 N–H and O–H groups in total. The number of amides is 1. The van der Waals surface area contributed by atoms with E-state index in [0.29, 0.717) is 32.6 Å². The highest BCUT2D eigenvalue weighted by Crippen LogP contribution is 2.33. The van der Waals surface area contributed by atoms with E-state index in [9.17, 15) is 9.90 Å². The van der Waals surface area contributed by atoms with E-state index in [2.05, 4.69) is 37.9 Å². The number of fused-ring (bicyclic) bond motifs is 1. The van der Waals surface area contributed by atoms with Crippen molar-refractivity contribution >= 4 is 5.91 Å². The van der Waals surface area contributed by atoms with E-state index in [-0.39, 0.29) is 18.1 Å². The van der Waals surface area contributed by atoms with Crippen LogP contribution >= 0.6 is 0 Å². The Labute approximate surface area is 188 Å². The molecule has 3 heterocycles. The first-order valence-corrected chi connectivity index (χ1v) is 11.2. The number of aliphatic hydroxyl groups is 1. The molecule has 0 aliphatic carbocycles. The molecule has 0 radical (unpaired) electrons. The number of aryl methyl sites for hydroxylation is 2. The van der Waals surface area contributed by atoms with Crippen LogP contribution in [0.5, 0.6) is 0 Å². The van der Waals surface area contributed by atoms with E-state index in [1.165, 1.54) is 5.56 Å². The van der Waals surface area contributed by atoms with Crippen molar-refractivity contribution in [3.63, 3.8) is 0 Å². The van der Waals surface area contributed by atoms with Gasteiger partial charge >= 0.3 is 0 Å². The highest BCUT2D eigenvalue weighted by atomic mass is 16.3. The van der Waals surface area contributed by atoms with Crippen molar-refractivity contribution in [2.45, 2.75) is 52.0 Å². The van der Waals surface area contributed by atoms with E-state index >= 15 is 0 Å². The Morgan fingerprint density at radius 2 is 1.81 bits per heavy atom. The molecule has 3 aromatic rings. The molecule has 2 aliphatic rings. The Kier molecular flexibility index (Phi) is 5.53. The number of benzene rings is 2. The number of carbonyl (C=O) groups excluding carboxylic acids is 1. The maximum atomic E-state index is 13.1. The van der Waals surface area contributed by atoms with E-state index in [4.69, 9.17) is 0 Å². The van der Waals surface area contributed by atoms with Gasteiger partial charge in [-0.1, -0.05) is 47.5 Å². The number of rotatable bonds is 4. The predicted octanol–water partition coefficient (Wildman–Crippen LogP) is 2.86. The number of aliphatic hydroxyl groups excluding tert-OH is 1. The van der Waals surface area contributed by atoms with Crippen LogP contribution in [0.25, 0.3) is 0 Å². The van der Waals surface area contributed by atoms with E-state index in [1.807, 2.05) is 49.1 Å². The molecule has 166 valence electrons. The largest absolute Gasteiger partial charge is 0.392 e. The standard InChI is InChI=1S/C25H29N5O2/c1-17-10-18(2)12-20(11-17)25(32)28-8-9-30-23(16-28)26-27-24(30)22-13-21(31)15-29(22)14-19-6-4-3-5-7-19/h3-7,10-12,21-22,31H,8-9,13-16H2,1-2H3. The quantitative estimate of drug-likeness (QED) is 0.688. The Hall–Kier alpha value is -3.03. The van der Waals surface area contributed by atoms with Gasteiger partial charge in [0, 0.05) is 31.7 Å². The summed E-state index contributed by atoms with van der Waals surface area (Å²) in [5.41, 5.74) is 4.13. The third-order valence-electron chi connectivity index (χ3n) is 6.45. The van der Waals surface area contributed by atoms with Crippen LogP contribution in [0.4, 0.5) is 0 Å². The molecule has 1 amide bonds. The summed E-state index contributed by atoms with van der Waals surface area (Å²) < 4.78 is 2.14. The van der Waals surface area contributed by atoms with Crippen LogP contribution < -0.4 is 0 Å². The molecular weight excluding hydrogens is 402 g/mol. The van der Waals surface area contributed by atoms with Gasteiger partial charge in [-0.2, -0.15) is 0 Å². The lowest BCUT2D eigenvalue weighted by Crippen LogP contribution is -2.39. The van der Waals surface area contributed by atoms with Crippen molar-refractivity contribution in [3.8, 4) is 0 Å². The second-order valence-electron chi connectivity index (χ2n) is 9.05. The molecule has 32 heavy (non-hydrogen) atoms. The van der Waals surface area contributed by atoms with Crippen molar-refractivity contribution in [2.24, 2.45) is 0 Å². The maximum Gasteiger partial charge on any atom is 0.254 e. The molecule has 2 atom stereocenters. The number of hydrogen-bond donors (Lipinski definition) is 1. The van der Waals surface area contributed by atoms with Gasteiger partial charge in [-0.05, 0) is 38.0 Å². The number of β-amino-alcohol motifs (C(OH)–C–C–N with tert-alkyl or cyclic N) is 1. The molecule has 7 heteroatoms. The minimum absolute atomic E-state index is 0.0214. The van der Waals surface area contributed by atoms with Crippen LogP contribution in [0.1, 0.15) is 51.2 Å². The number of aromatic nitrogens is 3. The summed E-state index contributed by atoms with van der Waals surface area (Å²) >= 11 is 0. The van der Waals surface area contributed by atoms with Gasteiger partial charge in [0.1, 0.15) is 0 Å². The van der Waals surface area contributed by atoms with E-state index < -0.39 is 0 Å². The lowest BCUT2D eigenvalue weighted by atomic mass is 10.1. The normalized spacial score (nSPS) is 21.0. The van der Waals surface area contributed by atoms with E-state index in [0.717, 1.165) is 34.9 Å². The zero-order valence-electron chi connectivity index (χ0n) is 18.6. The first kappa shape index (κ1) is 20.8. The summed E-state index contributed by atoms with van der Waals surface area (Å²) in [6.07, 6.45) is 0.277. The highest BCUT2D eigenvalue weighted by Gasteiger charge is 2.37. The third-order valence-corrected chi connectivity index (χ3v) is 6.45. The molecule has 2 unspecified atom stereocenters. The molecule has 0 spiro atoms. The smallest absolute Gasteiger partial charge is 0.254 e. The zero-order chi connectivity index (χ0) is 22.2. The van der Waals surface area contributed by atoms with Gasteiger partial charge in [0.2, 0.25) is 0 Å². The summed E-state index contributed by atoms with van der Waals surface area (Å²) in [7, 11) is 0. The summed E-state index contributed by atoms with van der Waals surface area (Å²) in [4.78, 5) is 17.2. The number of hydrogen-bond acceptors (Lipinski definition) is 5. The molecule has 1 fully saturated rings. The minimum Gasteiger partial charge on any atom is -0.392 e. The van der Waals surface area contributed by atoms with Crippen LogP contribution in [0, 0.1) is 13.8 Å². The Balaban J connectivity index is 1.35. The lowest BCUT2D eigenvalue weighted by molar-refractivity contribution is 0.0704. The van der Waals surface area contributed by atoms with Gasteiger partial charge in [-0.15, -0.1) is 10.2 Å². The Bertz CT molecular complexity index is 1110. The monoisotopic (exact) mass is 431 g/mol. The molecule has 1 aromatic heterocycles. The summed E-state index contributed by atoms with van der Waals surface area (Å²) in [5, 5.41) is 19.3. The van der Waals surface area contributed by atoms with Gasteiger partial charge in [-0.25, -0.2) is 0 Å². The van der Waals surface area contributed by atoms with Crippen LogP contribution in [-0.4, -0.2) is 54.8 Å². The average Bonchev–Trinajstić information content (AvgIpc) is 3.35. The van der Waals surface area contributed by atoms with E-state index in [1.54, 1.807) is 0 Å². The fourth-order valence-electron chi connectivity index (χ4n) is 5.02. The lowest BCUT2D eigenvalue weighted by Gasteiger charge is -2.30. The SMILES string of the molecule is Cc1cc(C)cc(C(=O)N2CCn3c(nnc3C3CC(O)CN3Cc3ccccc3)C2)c1. The summed E-state index contributed by atoms with van der Waals surface area (Å²) in [6, 6.07) is 16.3. The van der Waals surface area contributed by atoms with Crippen LogP contribution in [-0.2, 0) is 19.6 Å². The molecule has 5 rings (SSSR count). The highest BCUT2D eigenvalue weighted by molar-refractivity contribution is 5.94. The van der Waals surface area contributed by atoms with Crippen LogP contribution in [0.15, 0.2) is 48.5 Å². The molecule has 7 nitrogen and oxygen atoms in total. The van der Waals surface area contributed by atoms with Crippen molar-refractivity contribution in [2.75, 3.05) is 13.1 Å². The van der Waals surface area contributed by atoms with Crippen molar-refractivity contribution in [1.29, 1.82) is 0 Å².